The molecule has 0 aromatic carbocycles. The number of nitrogens with one attached hydrogen (secondary N) is 1. The van der Waals surface area contributed by atoms with E-state index in [-0.39, 0.29) is 19.6 Å². The van der Waals surface area contributed by atoms with Crippen LogP contribution >= 0.6 is 0 Å². The number of hydrogen-bond acceptors (Lipinski definition) is 6. The van der Waals surface area contributed by atoms with E-state index < -0.39 is 47.2 Å². The van der Waals surface area contributed by atoms with Crippen molar-refractivity contribution in [3.05, 3.63) is 0 Å². The molecule has 1 heterocycles. The summed E-state index contributed by atoms with van der Waals surface area (Å²) in [5.41, 5.74) is -1.33. The smallest absolute Gasteiger partial charge is 0.408 e. The van der Waals surface area contributed by atoms with Crippen LogP contribution in [0.4, 0.5) is 4.79 Å². The standard InChI is InChI=1S/C18H32N2O6/c1-8-25-15(23)12-9-11(21)10-20(12)14(22)13(17(2,3)4)19-16(24)26-18(5,6)7/h11-13,21H,8-10H2,1-7H3,(H,19,24)/t11-,12+,13-/m1/s1. The summed E-state index contributed by atoms with van der Waals surface area (Å²) < 4.78 is 10.3. The van der Waals surface area contributed by atoms with Gasteiger partial charge in [0.15, 0.2) is 0 Å². The molecular formula is C18H32N2O6. The first-order valence-electron chi connectivity index (χ1n) is 8.91. The number of nitrogens with zero attached hydrogens (tertiary/aromatic N) is 1. The first kappa shape index (κ1) is 22.2. The molecule has 2 amide bonds. The number of aliphatic hydroxyl groups excluding tert-OH is 1. The highest BCUT2D eigenvalue weighted by atomic mass is 16.6. The normalized spacial score (nSPS) is 21.9. The van der Waals surface area contributed by atoms with Crippen LogP contribution in [0.15, 0.2) is 0 Å². The zero-order chi connectivity index (χ0) is 20.3. The molecule has 1 aliphatic rings. The molecule has 0 bridgehead atoms. The molecule has 0 spiro atoms. The zero-order valence-corrected chi connectivity index (χ0v) is 16.8. The lowest BCUT2D eigenvalue weighted by atomic mass is 9.85. The van der Waals surface area contributed by atoms with E-state index in [0.717, 1.165) is 0 Å². The molecule has 1 rings (SSSR count). The van der Waals surface area contributed by atoms with E-state index in [1.807, 2.05) is 0 Å². The van der Waals surface area contributed by atoms with Crippen LogP contribution in [0.1, 0.15) is 54.9 Å². The van der Waals surface area contributed by atoms with Crippen molar-refractivity contribution < 1.29 is 29.0 Å². The summed E-state index contributed by atoms with van der Waals surface area (Å²) >= 11 is 0. The zero-order valence-electron chi connectivity index (χ0n) is 16.8. The lowest BCUT2D eigenvalue weighted by Gasteiger charge is -2.35. The highest BCUT2D eigenvalue weighted by Gasteiger charge is 2.45. The molecule has 1 aliphatic heterocycles. The van der Waals surface area contributed by atoms with Gasteiger partial charge < -0.3 is 24.8 Å². The van der Waals surface area contributed by atoms with Crippen molar-refractivity contribution >= 4 is 18.0 Å². The van der Waals surface area contributed by atoms with Gasteiger partial charge in [0.2, 0.25) is 5.91 Å². The van der Waals surface area contributed by atoms with Gasteiger partial charge in [-0.1, -0.05) is 20.8 Å². The molecule has 1 fully saturated rings. The molecule has 0 saturated carbocycles. The molecule has 0 aromatic rings. The first-order chi connectivity index (χ1) is 11.8. The van der Waals surface area contributed by atoms with E-state index in [1.165, 1.54) is 4.90 Å². The van der Waals surface area contributed by atoms with Crippen LogP contribution in [0.25, 0.3) is 0 Å². The number of amides is 2. The summed E-state index contributed by atoms with van der Waals surface area (Å²) in [5.74, 6) is -1.000. The van der Waals surface area contributed by atoms with Gasteiger partial charge in [-0.15, -0.1) is 0 Å². The van der Waals surface area contributed by atoms with Gasteiger partial charge in [-0.2, -0.15) is 0 Å². The van der Waals surface area contributed by atoms with Gasteiger partial charge in [0.1, 0.15) is 17.7 Å². The number of rotatable bonds is 4. The molecule has 8 heteroatoms. The average molecular weight is 372 g/mol. The second-order valence-corrected chi connectivity index (χ2v) is 8.59. The Morgan fingerprint density at radius 3 is 2.23 bits per heavy atom. The summed E-state index contributed by atoms with van der Waals surface area (Å²) in [4.78, 5) is 38.7. The number of aliphatic hydroxyl groups is 1. The van der Waals surface area contributed by atoms with E-state index in [1.54, 1.807) is 48.5 Å². The van der Waals surface area contributed by atoms with Crippen LogP contribution in [0, 0.1) is 5.41 Å². The monoisotopic (exact) mass is 372 g/mol. The van der Waals surface area contributed by atoms with Gasteiger partial charge in [-0.25, -0.2) is 9.59 Å². The minimum Gasteiger partial charge on any atom is -0.464 e. The second kappa shape index (κ2) is 8.24. The van der Waals surface area contributed by atoms with Crippen LogP contribution in [0.5, 0.6) is 0 Å². The lowest BCUT2D eigenvalue weighted by Crippen LogP contribution is -2.57. The van der Waals surface area contributed by atoms with Crippen molar-refractivity contribution in [1.82, 2.24) is 10.2 Å². The fourth-order valence-electron chi connectivity index (χ4n) is 2.76. The maximum absolute atomic E-state index is 13.1. The third kappa shape index (κ3) is 6.16. The molecule has 0 aromatic heterocycles. The predicted molar refractivity (Wildman–Crippen MR) is 95.4 cm³/mol. The predicted octanol–water partition coefficient (Wildman–Crippen LogP) is 1.45. The highest BCUT2D eigenvalue weighted by Crippen LogP contribution is 2.27. The van der Waals surface area contributed by atoms with Crippen molar-refractivity contribution in [3.8, 4) is 0 Å². The van der Waals surface area contributed by atoms with Gasteiger partial charge in [0.25, 0.3) is 0 Å². The molecule has 2 N–H and O–H groups in total. The van der Waals surface area contributed by atoms with Gasteiger partial charge in [-0.05, 0) is 33.1 Å². The summed E-state index contributed by atoms with van der Waals surface area (Å²) in [6, 6.07) is -1.78. The summed E-state index contributed by atoms with van der Waals surface area (Å²) in [5, 5.41) is 12.6. The summed E-state index contributed by atoms with van der Waals surface area (Å²) in [7, 11) is 0. The molecule has 0 aliphatic carbocycles. The first-order valence-corrected chi connectivity index (χ1v) is 8.91. The minimum atomic E-state index is -0.917. The van der Waals surface area contributed by atoms with E-state index in [9.17, 15) is 19.5 Å². The fourth-order valence-corrected chi connectivity index (χ4v) is 2.76. The van der Waals surface area contributed by atoms with Crippen LogP contribution in [0.3, 0.4) is 0 Å². The van der Waals surface area contributed by atoms with Crippen LogP contribution < -0.4 is 5.32 Å². The maximum Gasteiger partial charge on any atom is 0.408 e. The van der Waals surface area contributed by atoms with Crippen molar-refractivity contribution in [2.45, 2.75) is 78.7 Å². The van der Waals surface area contributed by atoms with Gasteiger partial charge in [-0.3, -0.25) is 4.79 Å². The summed E-state index contributed by atoms with van der Waals surface area (Å²) in [6.45, 7) is 12.5. The maximum atomic E-state index is 13.1. The molecular weight excluding hydrogens is 340 g/mol. The number of esters is 1. The van der Waals surface area contributed by atoms with E-state index in [0.29, 0.717) is 0 Å². The second-order valence-electron chi connectivity index (χ2n) is 8.59. The molecule has 1 saturated heterocycles. The molecule has 0 radical (unpaired) electrons. The molecule has 3 atom stereocenters. The molecule has 0 unspecified atom stereocenters. The fraction of sp³-hybridized carbons (Fsp3) is 0.833. The van der Waals surface area contributed by atoms with Crippen molar-refractivity contribution in [2.24, 2.45) is 5.41 Å². The van der Waals surface area contributed by atoms with Crippen molar-refractivity contribution in [3.63, 3.8) is 0 Å². The molecule has 8 nitrogen and oxygen atoms in total. The Labute approximate surface area is 155 Å². The lowest BCUT2D eigenvalue weighted by molar-refractivity contribution is -0.154. The Morgan fingerprint density at radius 1 is 1.19 bits per heavy atom. The Morgan fingerprint density at radius 2 is 1.77 bits per heavy atom. The Hall–Kier alpha value is -1.83. The van der Waals surface area contributed by atoms with Crippen LogP contribution in [-0.4, -0.2) is 64.9 Å². The van der Waals surface area contributed by atoms with E-state index >= 15 is 0 Å². The third-order valence-electron chi connectivity index (χ3n) is 3.89. The quantitative estimate of drug-likeness (QED) is 0.724. The van der Waals surface area contributed by atoms with Crippen molar-refractivity contribution in [1.29, 1.82) is 0 Å². The third-order valence-corrected chi connectivity index (χ3v) is 3.89. The summed E-state index contributed by atoms with van der Waals surface area (Å²) in [6.07, 6.45) is -1.40. The van der Waals surface area contributed by atoms with E-state index in [2.05, 4.69) is 5.32 Å². The number of ether oxygens (including phenoxy) is 2. The van der Waals surface area contributed by atoms with Gasteiger partial charge in [0, 0.05) is 13.0 Å². The average Bonchev–Trinajstić information content (AvgIpc) is 2.83. The number of likely N-dealkylation sites (tertiary alicyclic amines) is 1. The van der Waals surface area contributed by atoms with E-state index in [4.69, 9.17) is 9.47 Å². The Kier molecular flexibility index (Phi) is 7.04. The largest absolute Gasteiger partial charge is 0.464 e. The topological polar surface area (TPSA) is 105 Å². The van der Waals surface area contributed by atoms with Crippen LogP contribution in [-0.2, 0) is 19.1 Å². The number of carbonyl (C=O) groups is 3. The number of hydrogen-bond donors (Lipinski definition) is 2. The SMILES string of the molecule is CCOC(=O)[C@@H]1C[C@@H](O)CN1C(=O)[C@@H](NC(=O)OC(C)(C)C)C(C)(C)C. The van der Waals surface area contributed by atoms with Gasteiger partial charge >= 0.3 is 12.1 Å². The van der Waals surface area contributed by atoms with Gasteiger partial charge in [0.05, 0.1) is 12.7 Å². The number of carbonyl (C=O) groups excluding carboxylic acids is 3. The highest BCUT2D eigenvalue weighted by molar-refractivity contribution is 5.91. The molecule has 150 valence electrons. The minimum absolute atomic E-state index is 0.0187. The molecule has 26 heavy (non-hydrogen) atoms. The van der Waals surface area contributed by atoms with Crippen molar-refractivity contribution in [2.75, 3.05) is 13.2 Å². The number of β-amino-alcohol motifs (C(OH)–C–C–N with tert-alkyl or cyclic N) is 1. The van der Waals surface area contributed by atoms with Crippen LogP contribution in [0.2, 0.25) is 0 Å². The number of alkyl carbamates (subject to hydrolysis) is 1. The Balaban J connectivity index is 3.01. The Bertz CT molecular complexity index is 535.